The maximum atomic E-state index is 12.8. The molecule has 1 saturated heterocycles. The fourth-order valence-electron chi connectivity index (χ4n) is 3.76. The van der Waals surface area contributed by atoms with Gasteiger partial charge in [-0.1, -0.05) is 48.5 Å². The SMILES string of the molecule is O=C(NCCN1CCN(c2ccncc2)CC1)c1ccccc1-c1ccccc1. The zero-order valence-corrected chi connectivity index (χ0v) is 16.5. The van der Waals surface area contributed by atoms with Crippen LogP contribution in [0, 0.1) is 0 Å². The van der Waals surface area contributed by atoms with Crippen LogP contribution in [0.3, 0.4) is 0 Å². The maximum Gasteiger partial charge on any atom is 0.251 e. The lowest BCUT2D eigenvalue weighted by atomic mass is 9.99. The molecular formula is C24H26N4O. The Hall–Kier alpha value is -3.18. The smallest absolute Gasteiger partial charge is 0.251 e. The third-order valence-corrected chi connectivity index (χ3v) is 5.37. The number of carbonyl (C=O) groups is 1. The zero-order valence-electron chi connectivity index (χ0n) is 16.5. The number of nitrogens with one attached hydrogen (secondary N) is 1. The van der Waals surface area contributed by atoms with E-state index in [2.05, 4.69) is 32.2 Å². The Kier molecular flexibility index (Phi) is 6.17. The van der Waals surface area contributed by atoms with Crippen LogP contribution in [0.15, 0.2) is 79.1 Å². The van der Waals surface area contributed by atoms with Gasteiger partial charge in [-0.05, 0) is 29.3 Å². The van der Waals surface area contributed by atoms with Crippen molar-refractivity contribution in [3.8, 4) is 11.1 Å². The van der Waals surface area contributed by atoms with Gasteiger partial charge in [0.15, 0.2) is 0 Å². The van der Waals surface area contributed by atoms with Crippen molar-refractivity contribution in [2.24, 2.45) is 0 Å². The second-order valence-electron chi connectivity index (χ2n) is 7.20. The Morgan fingerprint density at radius 3 is 2.31 bits per heavy atom. The molecule has 1 N–H and O–H groups in total. The number of aromatic nitrogens is 1. The van der Waals surface area contributed by atoms with Crippen LogP contribution in [0.4, 0.5) is 5.69 Å². The van der Waals surface area contributed by atoms with Gasteiger partial charge in [-0.2, -0.15) is 0 Å². The van der Waals surface area contributed by atoms with E-state index in [0.717, 1.165) is 49.4 Å². The van der Waals surface area contributed by atoms with Gasteiger partial charge in [0.25, 0.3) is 5.91 Å². The van der Waals surface area contributed by atoms with E-state index in [4.69, 9.17) is 0 Å². The van der Waals surface area contributed by atoms with E-state index in [1.165, 1.54) is 5.69 Å². The number of pyridine rings is 1. The molecule has 0 unspecified atom stereocenters. The second-order valence-corrected chi connectivity index (χ2v) is 7.20. The Balaban J connectivity index is 1.28. The average molecular weight is 386 g/mol. The molecule has 148 valence electrons. The van der Waals surface area contributed by atoms with Gasteiger partial charge in [0.05, 0.1) is 0 Å². The Labute approximate surface area is 172 Å². The van der Waals surface area contributed by atoms with Gasteiger partial charge >= 0.3 is 0 Å². The second kappa shape index (κ2) is 9.34. The minimum Gasteiger partial charge on any atom is -0.369 e. The first-order valence-electron chi connectivity index (χ1n) is 10.1. The van der Waals surface area contributed by atoms with E-state index in [-0.39, 0.29) is 5.91 Å². The highest BCUT2D eigenvalue weighted by Gasteiger charge is 2.17. The number of nitrogens with zero attached hydrogens (tertiary/aromatic N) is 3. The summed E-state index contributed by atoms with van der Waals surface area (Å²) in [7, 11) is 0. The Morgan fingerprint density at radius 2 is 1.55 bits per heavy atom. The van der Waals surface area contributed by atoms with Crippen molar-refractivity contribution in [1.82, 2.24) is 15.2 Å². The van der Waals surface area contributed by atoms with E-state index in [9.17, 15) is 4.79 Å². The maximum absolute atomic E-state index is 12.8. The van der Waals surface area contributed by atoms with E-state index in [0.29, 0.717) is 6.54 Å². The fourth-order valence-corrected chi connectivity index (χ4v) is 3.76. The third kappa shape index (κ3) is 4.81. The van der Waals surface area contributed by atoms with E-state index in [1.54, 1.807) is 0 Å². The predicted octanol–water partition coefficient (Wildman–Crippen LogP) is 3.30. The molecule has 0 aliphatic carbocycles. The van der Waals surface area contributed by atoms with Gasteiger partial charge in [-0.15, -0.1) is 0 Å². The predicted molar refractivity (Wildman–Crippen MR) is 117 cm³/mol. The highest BCUT2D eigenvalue weighted by molar-refractivity contribution is 6.00. The quantitative estimate of drug-likeness (QED) is 0.706. The number of piperazine rings is 1. The lowest BCUT2D eigenvalue weighted by Gasteiger charge is -2.36. The van der Waals surface area contributed by atoms with Crippen LogP contribution in [0.5, 0.6) is 0 Å². The van der Waals surface area contributed by atoms with Crippen LogP contribution < -0.4 is 10.2 Å². The molecule has 5 nitrogen and oxygen atoms in total. The zero-order chi connectivity index (χ0) is 19.9. The molecular weight excluding hydrogens is 360 g/mol. The summed E-state index contributed by atoms with van der Waals surface area (Å²) in [5, 5.41) is 3.10. The highest BCUT2D eigenvalue weighted by atomic mass is 16.1. The van der Waals surface area contributed by atoms with Gasteiger partial charge < -0.3 is 10.2 Å². The van der Waals surface area contributed by atoms with Gasteiger partial charge in [0, 0.05) is 62.9 Å². The lowest BCUT2D eigenvalue weighted by molar-refractivity contribution is 0.0948. The van der Waals surface area contributed by atoms with Crippen molar-refractivity contribution in [3.63, 3.8) is 0 Å². The molecule has 0 bridgehead atoms. The third-order valence-electron chi connectivity index (χ3n) is 5.37. The number of carbonyl (C=O) groups excluding carboxylic acids is 1. The normalized spacial score (nSPS) is 14.6. The number of amides is 1. The molecule has 4 rings (SSSR count). The number of anilines is 1. The molecule has 5 heteroatoms. The molecule has 1 aromatic heterocycles. The molecule has 0 atom stereocenters. The van der Waals surface area contributed by atoms with Crippen LogP contribution in [0.1, 0.15) is 10.4 Å². The minimum atomic E-state index is -0.0140. The van der Waals surface area contributed by atoms with Gasteiger partial charge in [-0.25, -0.2) is 0 Å². The Bertz CT molecular complexity index is 922. The molecule has 1 aliphatic rings. The summed E-state index contributed by atoms with van der Waals surface area (Å²) in [4.78, 5) is 21.6. The molecule has 1 aliphatic heterocycles. The summed E-state index contributed by atoms with van der Waals surface area (Å²) in [5.74, 6) is -0.0140. The van der Waals surface area contributed by atoms with Crippen molar-refractivity contribution < 1.29 is 4.79 Å². The molecule has 2 heterocycles. The first-order chi connectivity index (χ1) is 14.3. The minimum absolute atomic E-state index is 0.0140. The topological polar surface area (TPSA) is 48.5 Å². The molecule has 1 fully saturated rings. The molecule has 0 spiro atoms. The lowest BCUT2D eigenvalue weighted by Crippen LogP contribution is -2.48. The first-order valence-corrected chi connectivity index (χ1v) is 10.1. The summed E-state index contributed by atoms with van der Waals surface area (Å²) < 4.78 is 0. The fraction of sp³-hybridized carbons (Fsp3) is 0.250. The number of hydrogen-bond acceptors (Lipinski definition) is 4. The van der Waals surface area contributed by atoms with E-state index in [1.807, 2.05) is 67.0 Å². The number of hydrogen-bond donors (Lipinski definition) is 1. The van der Waals surface area contributed by atoms with Crippen molar-refractivity contribution in [2.75, 3.05) is 44.2 Å². The van der Waals surface area contributed by atoms with E-state index >= 15 is 0 Å². The average Bonchev–Trinajstić information content (AvgIpc) is 2.80. The van der Waals surface area contributed by atoms with Crippen LogP contribution in [0.25, 0.3) is 11.1 Å². The first kappa shape index (κ1) is 19.2. The van der Waals surface area contributed by atoms with Crippen molar-refractivity contribution in [3.05, 3.63) is 84.7 Å². The number of rotatable bonds is 6. The molecule has 1 amide bonds. The monoisotopic (exact) mass is 386 g/mol. The summed E-state index contributed by atoms with van der Waals surface area (Å²) in [5.41, 5.74) is 3.98. The molecule has 29 heavy (non-hydrogen) atoms. The standard InChI is InChI=1S/C24H26N4O/c29-24(23-9-5-4-8-22(23)20-6-2-1-3-7-20)26-14-15-27-16-18-28(19-17-27)21-10-12-25-13-11-21/h1-13H,14-19H2,(H,26,29). The molecule has 0 radical (unpaired) electrons. The largest absolute Gasteiger partial charge is 0.369 e. The van der Waals surface area contributed by atoms with Crippen LogP contribution in [0.2, 0.25) is 0 Å². The van der Waals surface area contributed by atoms with E-state index < -0.39 is 0 Å². The van der Waals surface area contributed by atoms with Crippen LogP contribution in [-0.2, 0) is 0 Å². The molecule has 0 saturated carbocycles. The summed E-state index contributed by atoms with van der Waals surface area (Å²) in [6.07, 6.45) is 3.68. The van der Waals surface area contributed by atoms with Gasteiger partial charge in [0.2, 0.25) is 0 Å². The van der Waals surface area contributed by atoms with Crippen molar-refractivity contribution in [1.29, 1.82) is 0 Å². The van der Waals surface area contributed by atoms with Gasteiger partial charge in [-0.3, -0.25) is 14.7 Å². The molecule has 2 aromatic carbocycles. The van der Waals surface area contributed by atoms with Crippen molar-refractivity contribution >= 4 is 11.6 Å². The summed E-state index contributed by atoms with van der Waals surface area (Å²) in [6.45, 7) is 5.50. The van der Waals surface area contributed by atoms with Crippen LogP contribution in [-0.4, -0.2) is 55.1 Å². The summed E-state index contributed by atoms with van der Waals surface area (Å²) >= 11 is 0. The van der Waals surface area contributed by atoms with Crippen molar-refractivity contribution in [2.45, 2.75) is 0 Å². The Morgan fingerprint density at radius 1 is 0.862 bits per heavy atom. The van der Waals surface area contributed by atoms with Crippen LogP contribution >= 0.6 is 0 Å². The summed E-state index contributed by atoms with van der Waals surface area (Å²) in [6, 6.07) is 21.9. The molecule has 3 aromatic rings. The van der Waals surface area contributed by atoms with Gasteiger partial charge in [0.1, 0.15) is 0 Å². The number of benzene rings is 2. The highest BCUT2D eigenvalue weighted by Crippen LogP contribution is 2.23.